The summed E-state index contributed by atoms with van der Waals surface area (Å²) in [5.41, 5.74) is 1.78. The molecule has 1 N–H and O–H groups in total. The largest absolute Gasteiger partial charge is 0.342 e. The van der Waals surface area contributed by atoms with Crippen molar-refractivity contribution in [1.82, 2.24) is 10.2 Å². The molecule has 0 saturated carbocycles. The van der Waals surface area contributed by atoms with Gasteiger partial charge in [-0.1, -0.05) is 42.8 Å². The summed E-state index contributed by atoms with van der Waals surface area (Å²) in [4.78, 5) is 26.6. The molecule has 2 amide bonds. The number of benzene rings is 1. The van der Waals surface area contributed by atoms with Gasteiger partial charge in [0.2, 0.25) is 11.8 Å². The highest BCUT2D eigenvalue weighted by Crippen LogP contribution is 2.26. The Kier molecular flexibility index (Phi) is 4.51. The molecule has 0 bridgehead atoms. The Balaban J connectivity index is 1.70. The first-order valence-electron chi connectivity index (χ1n) is 8.43. The standard InChI is InChI=1S/C19H24N2O2/c1-19(12-6-5-9-17(22)20-19)18(23)21-13-10-16(11-14-21)15-7-3-2-4-8-15/h2-4,7-8,10H,5-6,9,11-14H2,1H3,(H,20,22). The van der Waals surface area contributed by atoms with Crippen molar-refractivity contribution >= 4 is 17.4 Å². The lowest BCUT2D eigenvalue weighted by Crippen LogP contribution is -2.57. The predicted molar refractivity (Wildman–Crippen MR) is 90.6 cm³/mol. The van der Waals surface area contributed by atoms with E-state index in [1.54, 1.807) is 0 Å². The Labute approximate surface area is 137 Å². The summed E-state index contributed by atoms with van der Waals surface area (Å²) in [6.45, 7) is 3.20. The van der Waals surface area contributed by atoms with Crippen LogP contribution in [0.2, 0.25) is 0 Å². The van der Waals surface area contributed by atoms with Crippen LogP contribution in [0.25, 0.3) is 5.57 Å². The van der Waals surface area contributed by atoms with Gasteiger partial charge >= 0.3 is 0 Å². The number of carbonyl (C=O) groups is 2. The summed E-state index contributed by atoms with van der Waals surface area (Å²) < 4.78 is 0. The van der Waals surface area contributed by atoms with E-state index < -0.39 is 5.54 Å². The number of carbonyl (C=O) groups excluding carboxylic acids is 2. The third-order valence-electron chi connectivity index (χ3n) is 4.86. The maximum atomic E-state index is 12.9. The molecule has 0 radical (unpaired) electrons. The Hall–Kier alpha value is -2.10. The zero-order valence-corrected chi connectivity index (χ0v) is 13.7. The Morgan fingerprint density at radius 3 is 2.65 bits per heavy atom. The summed E-state index contributed by atoms with van der Waals surface area (Å²) in [7, 11) is 0. The van der Waals surface area contributed by atoms with Crippen molar-refractivity contribution in [3.05, 3.63) is 42.0 Å². The van der Waals surface area contributed by atoms with Crippen molar-refractivity contribution in [3.8, 4) is 0 Å². The predicted octanol–water partition coefficient (Wildman–Crippen LogP) is 2.75. The van der Waals surface area contributed by atoms with Crippen LogP contribution in [0.3, 0.4) is 0 Å². The second kappa shape index (κ2) is 6.57. The van der Waals surface area contributed by atoms with E-state index in [2.05, 4.69) is 23.5 Å². The van der Waals surface area contributed by atoms with Crippen molar-refractivity contribution in [1.29, 1.82) is 0 Å². The molecule has 1 fully saturated rings. The van der Waals surface area contributed by atoms with Crippen LogP contribution in [0.4, 0.5) is 0 Å². The van der Waals surface area contributed by atoms with Crippen molar-refractivity contribution < 1.29 is 9.59 Å². The van der Waals surface area contributed by atoms with Gasteiger partial charge in [0.25, 0.3) is 0 Å². The van der Waals surface area contributed by atoms with Crippen LogP contribution in [-0.4, -0.2) is 35.3 Å². The van der Waals surface area contributed by atoms with Crippen LogP contribution in [0.5, 0.6) is 0 Å². The van der Waals surface area contributed by atoms with E-state index in [0.29, 0.717) is 19.5 Å². The van der Waals surface area contributed by atoms with E-state index >= 15 is 0 Å². The molecule has 1 aromatic rings. The fraction of sp³-hybridized carbons (Fsp3) is 0.474. The van der Waals surface area contributed by atoms with Gasteiger partial charge in [0.1, 0.15) is 5.54 Å². The molecule has 0 aliphatic carbocycles. The minimum absolute atomic E-state index is 0.00382. The summed E-state index contributed by atoms with van der Waals surface area (Å²) in [6, 6.07) is 10.3. The van der Waals surface area contributed by atoms with E-state index in [1.165, 1.54) is 11.1 Å². The maximum absolute atomic E-state index is 12.9. The first-order valence-corrected chi connectivity index (χ1v) is 8.43. The lowest BCUT2D eigenvalue weighted by Gasteiger charge is -2.36. The van der Waals surface area contributed by atoms with E-state index in [0.717, 1.165) is 25.7 Å². The molecule has 2 heterocycles. The number of amides is 2. The second-order valence-corrected chi connectivity index (χ2v) is 6.68. The highest BCUT2D eigenvalue weighted by molar-refractivity contribution is 5.92. The lowest BCUT2D eigenvalue weighted by atomic mass is 9.92. The van der Waals surface area contributed by atoms with Gasteiger partial charge in [0, 0.05) is 19.5 Å². The Morgan fingerprint density at radius 2 is 1.96 bits per heavy atom. The monoisotopic (exact) mass is 312 g/mol. The van der Waals surface area contributed by atoms with Crippen molar-refractivity contribution in [3.63, 3.8) is 0 Å². The molecule has 1 atom stereocenters. The van der Waals surface area contributed by atoms with E-state index in [9.17, 15) is 9.59 Å². The molecular formula is C19H24N2O2. The molecule has 4 nitrogen and oxygen atoms in total. The molecule has 3 rings (SSSR count). The summed E-state index contributed by atoms with van der Waals surface area (Å²) in [5.74, 6) is 0.0481. The van der Waals surface area contributed by atoms with Gasteiger partial charge in [0.15, 0.2) is 0 Å². The quantitative estimate of drug-likeness (QED) is 0.913. The van der Waals surface area contributed by atoms with Gasteiger partial charge < -0.3 is 10.2 Å². The number of nitrogens with one attached hydrogen (secondary N) is 1. The van der Waals surface area contributed by atoms with Gasteiger partial charge in [-0.3, -0.25) is 9.59 Å². The van der Waals surface area contributed by atoms with Gasteiger partial charge in [0.05, 0.1) is 0 Å². The molecule has 1 aromatic carbocycles. The SMILES string of the molecule is CC1(C(=O)N2CC=C(c3ccccc3)CC2)CCCCC(=O)N1. The molecule has 2 aliphatic heterocycles. The van der Waals surface area contributed by atoms with Crippen LogP contribution in [0.15, 0.2) is 36.4 Å². The van der Waals surface area contributed by atoms with Gasteiger partial charge in [-0.2, -0.15) is 0 Å². The molecule has 2 aliphatic rings. The number of rotatable bonds is 2. The van der Waals surface area contributed by atoms with Crippen LogP contribution in [-0.2, 0) is 9.59 Å². The van der Waals surface area contributed by atoms with Crippen LogP contribution >= 0.6 is 0 Å². The summed E-state index contributed by atoms with van der Waals surface area (Å²) >= 11 is 0. The maximum Gasteiger partial charge on any atom is 0.248 e. The van der Waals surface area contributed by atoms with E-state index in [1.807, 2.05) is 30.0 Å². The molecule has 0 aromatic heterocycles. The molecule has 4 heteroatoms. The zero-order chi connectivity index (χ0) is 16.3. The first-order chi connectivity index (χ1) is 11.1. The topological polar surface area (TPSA) is 49.4 Å². The summed E-state index contributed by atoms with van der Waals surface area (Å²) in [5, 5.41) is 2.94. The van der Waals surface area contributed by atoms with Gasteiger partial charge in [-0.25, -0.2) is 0 Å². The summed E-state index contributed by atoms with van der Waals surface area (Å²) in [6.07, 6.45) is 6.04. The molecule has 1 saturated heterocycles. The molecule has 122 valence electrons. The van der Waals surface area contributed by atoms with Crippen LogP contribution < -0.4 is 5.32 Å². The van der Waals surface area contributed by atoms with Crippen molar-refractivity contribution in [2.45, 2.75) is 44.6 Å². The zero-order valence-electron chi connectivity index (χ0n) is 13.7. The van der Waals surface area contributed by atoms with Crippen LogP contribution in [0, 0.1) is 0 Å². The average Bonchev–Trinajstić information content (AvgIpc) is 2.76. The number of nitrogens with zero attached hydrogens (tertiary/aromatic N) is 1. The minimum atomic E-state index is -0.744. The number of hydrogen-bond acceptors (Lipinski definition) is 2. The number of hydrogen-bond donors (Lipinski definition) is 1. The van der Waals surface area contributed by atoms with Crippen LogP contribution in [0.1, 0.15) is 44.6 Å². The smallest absolute Gasteiger partial charge is 0.248 e. The molecule has 23 heavy (non-hydrogen) atoms. The fourth-order valence-corrected chi connectivity index (χ4v) is 3.47. The Morgan fingerprint density at radius 1 is 1.17 bits per heavy atom. The van der Waals surface area contributed by atoms with Gasteiger partial charge in [-0.15, -0.1) is 0 Å². The van der Waals surface area contributed by atoms with Crippen molar-refractivity contribution in [2.75, 3.05) is 13.1 Å². The first kappa shape index (κ1) is 15.8. The molecular weight excluding hydrogens is 288 g/mol. The third-order valence-corrected chi connectivity index (χ3v) is 4.86. The Bertz CT molecular complexity index is 624. The van der Waals surface area contributed by atoms with Crippen molar-refractivity contribution in [2.24, 2.45) is 0 Å². The average molecular weight is 312 g/mol. The normalized spacial score (nSPS) is 25.3. The third kappa shape index (κ3) is 3.46. The highest BCUT2D eigenvalue weighted by Gasteiger charge is 2.39. The minimum Gasteiger partial charge on any atom is -0.342 e. The lowest BCUT2D eigenvalue weighted by molar-refractivity contribution is -0.140. The fourth-order valence-electron chi connectivity index (χ4n) is 3.47. The van der Waals surface area contributed by atoms with E-state index in [4.69, 9.17) is 0 Å². The highest BCUT2D eigenvalue weighted by atomic mass is 16.2. The van der Waals surface area contributed by atoms with Gasteiger partial charge in [-0.05, 0) is 37.3 Å². The molecule has 1 unspecified atom stereocenters. The second-order valence-electron chi connectivity index (χ2n) is 6.68. The molecule has 0 spiro atoms. The van der Waals surface area contributed by atoms with E-state index in [-0.39, 0.29) is 11.8 Å².